The maximum atomic E-state index is 12.8. The van der Waals surface area contributed by atoms with Gasteiger partial charge in [-0.25, -0.2) is 4.39 Å². The summed E-state index contributed by atoms with van der Waals surface area (Å²) in [5, 5.41) is 3.52. The van der Waals surface area contributed by atoms with Crippen LogP contribution in [-0.2, 0) is 6.54 Å². The molecular formula is C15H19FN2. The molecule has 0 aliphatic carbocycles. The van der Waals surface area contributed by atoms with Gasteiger partial charge < -0.3 is 5.32 Å². The zero-order valence-corrected chi connectivity index (χ0v) is 10.5. The lowest BCUT2D eigenvalue weighted by Gasteiger charge is -2.31. The van der Waals surface area contributed by atoms with Gasteiger partial charge in [-0.1, -0.05) is 18.1 Å². The molecule has 1 aromatic carbocycles. The number of benzene rings is 1. The van der Waals surface area contributed by atoms with Crippen molar-refractivity contribution in [2.24, 2.45) is 0 Å². The lowest BCUT2D eigenvalue weighted by molar-refractivity contribution is 0.217. The van der Waals surface area contributed by atoms with Crippen molar-refractivity contribution in [3.8, 4) is 12.3 Å². The Kier molecular flexibility index (Phi) is 4.74. The summed E-state index contributed by atoms with van der Waals surface area (Å²) < 4.78 is 12.8. The first kappa shape index (κ1) is 13.1. The SMILES string of the molecule is C#CCN1CCC(NCc2ccc(F)cc2)CC1. The molecule has 0 unspecified atom stereocenters. The minimum absolute atomic E-state index is 0.179. The third kappa shape index (κ3) is 3.83. The van der Waals surface area contributed by atoms with Crippen molar-refractivity contribution in [1.82, 2.24) is 10.2 Å². The van der Waals surface area contributed by atoms with Crippen LogP contribution in [0, 0.1) is 18.2 Å². The van der Waals surface area contributed by atoms with Crippen LogP contribution in [-0.4, -0.2) is 30.6 Å². The van der Waals surface area contributed by atoms with Crippen LogP contribution in [0.25, 0.3) is 0 Å². The van der Waals surface area contributed by atoms with Gasteiger partial charge in [0.1, 0.15) is 5.82 Å². The van der Waals surface area contributed by atoms with Crippen molar-refractivity contribution in [2.75, 3.05) is 19.6 Å². The summed E-state index contributed by atoms with van der Waals surface area (Å²) >= 11 is 0. The van der Waals surface area contributed by atoms with Crippen molar-refractivity contribution in [3.05, 3.63) is 35.6 Å². The van der Waals surface area contributed by atoms with Gasteiger partial charge >= 0.3 is 0 Å². The highest BCUT2D eigenvalue weighted by Gasteiger charge is 2.17. The summed E-state index contributed by atoms with van der Waals surface area (Å²) in [4.78, 5) is 2.30. The van der Waals surface area contributed by atoms with E-state index in [2.05, 4.69) is 16.1 Å². The first-order valence-electron chi connectivity index (χ1n) is 6.41. The van der Waals surface area contributed by atoms with Crippen LogP contribution in [0.15, 0.2) is 24.3 Å². The summed E-state index contributed by atoms with van der Waals surface area (Å²) in [7, 11) is 0. The summed E-state index contributed by atoms with van der Waals surface area (Å²) in [6.07, 6.45) is 7.56. The molecule has 0 aromatic heterocycles. The predicted molar refractivity (Wildman–Crippen MR) is 71.5 cm³/mol. The maximum Gasteiger partial charge on any atom is 0.123 e. The lowest BCUT2D eigenvalue weighted by atomic mass is 10.0. The number of nitrogens with one attached hydrogen (secondary N) is 1. The van der Waals surface area contributed by atoms with Crippen molar-refractivity contribution in [3.63, 3.8) is 0 Å². The van der Waals surface area contributed by atoms with Crippen LogP contribution in [0.1, 0.15) is 18.4 Å². The van der Waals surface area contributed by atoms with Gasteiger partial charge in [0.2, 0.25) is 0 Å². The van der Waals surface area contributed by atoms with Gasteiger partial charge in [-0.2, -0.15) is 0 Å². The molecule has 1 N–H and O–H groups in total. The van der Waals surface area contributed by atoms with E-state index in [1.807, 2.05) is 12.1 Å². The van der Waals surface area contributed by atoms with E-state index in [4.69, 9.17) is 6.42 Å². The second-order valence-corrected chi connectivity index (χ2v) is 4.76. The average molecular weight is 246 g/mol. The third-order valence-corrected chi connectivity index (χ3v) is 3.41. The molecule has 0 radical (unpaired) electrons. The molecule has 1 aliphatic heterocycles. The number of piperidine rings is 1. The Bertz CT molecular complexity index is 399. The average Bonchev–Trinajstić information content (AvgIpc) is 2.40. The van der Waals surface area contributed by atoms with Gasteiger partial charge in [0.05, 0.1) is 6.54 Å². The Morgan fingerprint density at radius 1 is 1.28 bits per heavy atom. The van der Waals surface area contributed by atoms with E-state index in [-0.39, 0.29) is 5.82 Å². The lowest BCUT2D eigenvalue weighted by Crippen LogP contribution is -2.42. The smallest absolute Gasteiger partial charge is 0.123 e. The molecule has 96 valence electrons. The van der Waals surface area contributed by atoms with E-state index in [0.29, 0.717) is 6.04 Å². The molecule has 1 aliphatic rings. The second-order valence-electron chi connectivity index (χ2n) is 4.76. The zero-order chi connectivity index (χ0) is 12.8. The fourth-order valence-corrected chi connectivity index (χ4v) is 2.29. The fourth-order valence-electron chi connectivity index (χ4n) is 2.29. The Balaban J connectivity index is 1.72. The van der Waals surface area contributed by atoms with Crippen LogP contribution in [0.2, 0.25) is 0 Å². The van der Waals surface area contributed by atoms with Crippen molar-refractivity contribution in [2.45, 2.75) is 25.4 Å². The largest absolute Gasteiger partial charge is 0.310 e. The van der Waals surface area contributed by atoms with Crippen LogP contribution in [0.3, 0.4) is 0 Å². The van der Waals surface area contributed by atoms with Gasteiger partial charge in [-0.05, 0) is 30.5 Å². The van der Waals surface area contributed by atoms with Crippen molar-refractivity contribution < 1.29 is 4.39 Å². The molecule has 1 aromatic rings. The number of halogens is 1. The minimum atomic E-state index is -0.179. The van der Waals surface area contributed by atoms with Crippen LogP contribution in [0.4, 0.5) is 4.39 Å². The summed E-state index contributed by atoms with van der Waals surface area (Å²) in [5.74, 6) is 2.51. The Hall–Kier alpha value is -1.37. The molecule has 2 rings (SSSR count). The molecular weight excluding hydrogens is 227 g/mol. The summed E-state index contributed by atoms with van der Waals surface area (Å²) in [6.45, 7) is 3.68. The minimum Gasteiger partial charge on any atom is -0.310 e. The van der Waals surface area contributed by atoms with E-state index < -0.39 is 0 Å². The normalized spacial score (nSPS) is 17.6. The molecule has 0 saturated carbocycles. The Morgan fingerprint density at radius 3 is 2.56 bits per heavy atom. The third-order valence-electron chi connectivity index (χ3n) is 3.41. The quantitative estimate of drug-likeness (QED) is 0.818. The van der Waals surface area contributed by atoms with E-state index in [9.17, 15) is 4.39 Å². The molecule has 0 atom stereocenters. The number of nitrogens with zero attached hydrogens (tertiary/aromatic N) is 1. The highest BCUT2D eigenvalue weighted by molar-refractivity contribution is 5.15. The monoisotopic (exact) mass is 246 g/mol. The van der Waals surface area contributed by atoms with Crippen LogP contribution in [0.5, 0.6) is 0 Å². The number of hydrogen-bond donors (Lipinski definition) is 1. The fraction of sp³-hybridized carbons (Fsp3) is 0.467. The first-order chi connectivity index (χ1) is 8.78. The number of likely N-dealkylation sites (tertiary alicyclic amines) is 1. The van der Waals surface area contributed by atoms with Crippen molar-refractivity contribution in [1.29, 1.82) is 0 Å². The molecule has 1 fully saturated rings. The topological polar surface area (TPSA) is 15.3 Å². The van der Waals surface area contributed by atoms with Crippen molar-refractivity contribution >= 4 is 0 Å². The van der Waals surface area contributed by atoms with Gasteiger partial charge in [0.15, 0.2) is 0 Å². The van der Waals surface area contributed by atoms with E-state index in [1.54, 1.807) is 0 Å². The van der Waals surface area contributed by atoms with E-state index in [1.165, 1.54) is 12.1 Å². The molecule has 1 heterocycles. The Labute approximate surface area is 108 Å². The number of terminal acetylenes is 1. The maximum absolute atomic E-state index is 12.8. The van der Waals surface area contributed by atoms with Gasteiger partial charge in [-0.3, -0.25) is 4.90 Å². The van der Waals surface area contributed by atoms with Gasteiger partial charge in [-0.15, -0.1) is 6.42 Å². The highest BCUT2D eigenvalue weighted by atomic mass is 19.1. The zero-order valence-electron chi connectivity index (χ0n) is 10.5. The highest BCUT2D eigenvalue weighted by Crippen LogP contribution is 2.11. The van der Waals surface area contributed by atoms with Gasteiger partial charge in [0, 0.05) is 25.7 Å². The first-order valence-corrected chi connectivity index (χ1v) is 6.41. The molecule has 2 nitrogen and oxygen atoms in total. The predicted octanol–water partition coefficient (Wildman–Crippen LogP) is 2.01. The molecule has 3 heteroatoms. The molecule has 0 amide bonds. The summed E-state index contributed by atoms with van der Waals surface area (Å²) in [6, 6.07) is 7.22. The molecule has 0 bridgehead atoms. The van der Waals surface area contributed by atoms with E-state index >= 15 is 0 Å². The summed E-state index contributed by atoms with van der Waals surface area (Å²) in [5.41, 5.74) is 1.13. The molecule has 18 heavy (non-hydrogen) atoms. The molecule has 1 saturated heterocycles. The second kappa shape index (κ2) is 6.53. The van der Waals surface area contributed by atoms with Crippen LogP contribution >= 0.6 is 0 Å². The standard InChI is InChI=1S/C15H19FN2/c1-2-9-18-10-7-15(8-11-18)17-12-13-3-5-14(16)6-4-13/h1,3-6,15,17H,7-12H2. The molecule has 0 spiro atoms. The van der Waals surface area contributed by atoms with E-state index in [0.717, 1.165) is 44.6 Å². The number of rotatable bonds is 4. The van der Waals surface area contributed by atoms with Crippen LogP contribution < -0.4 is 5.32 Å². The Morgan fingerprint density at radius 2 is 1.94 bits per heavy atom. The number of hydrogen-bond acceptors (Lipinski definition) is 2. The van der Waals surface area contributed by atoms with Gasteiger partial charge in [0.25, 0.3) is 0 Å².